The molecule has 0 spiro atoms. The first-order valence-electron chi connectivity index (χ1n) is 6.94. The van der Waals surface area contributed by atoms with Crippen LogP contribution in [0.15, 0.2) is 21.7 Å². The molecule has 20 heavy (non-hydrogen) atoms. The average molecular weight is 343 g/mol. The molecular formula is C14H23BrN4O. The van der Waals surface area contributed by atoms with E-state index in [-0.39, 0.29) is 0 Å². The van der Waals surface area contributed by atoms with E-state index in [9.17, 15) is 0 Å². The number of ether oxygens (including phenoxy) is 1. The maximum atomic E-state index is 5.62. The summed E-state index contributed by atoms with van der Waals surface area (Å²) in [4.78, 5) is 6.46. The SMILES string of the molecule is CN=C(NCC1CCCO1)N(C)Cc1cc(Br)cn1C. The van der Waals surface area contributed by atoms with E-state index < -0.39 is 0 Å². The number of hydrogen-bond donors (Lipinski definition) is 1. The minimum atomic E-state index is 0.323. The van der Waals surface area contributed by atoms with Gasteiger partial charge in [0.2, 0.25) is 0 Å². The molecule has 1 saturated heterocycles. The van der Waals surface area contributed by atoms with Crippen molar-refractivity contribution in [2.24, 2.45) is 12.0 Å². The second-order valence-electron chi connectivity index (χ2n) is 5.18. The molecule has 1 aromatic rings. The Morgan fingerprint density at radius 3 is 3.00 bits per heavy atom. The molecule has 0 radical (unpaired) electrons. The van der Waals surface area contributed by atoms with Gasteiger partial charge in [0.25, 0.3) is 0 Å². The fourth-order valence-corrected chi connectivity index (χ4v) is 3.01. The fraction of sp³-hybridized carbons (Fsp3) is 0.643. The number of nitrogens with zero attached hydrogens (tertiary/aromatic N) is 3. The molecular weight excluding hydrogens is 320 g/mol. The zero-order valence-corrected chi connectivity index (χ0v) is 14.0. The van der Waals surface area contributed by atoms with Gasteiger partial charge in [-0.25, -0.2) is 0 Å². The van der Waals surface area contributed by atoms with Gasteiger partial charge >= 0.3 is 0 Å². The number of aryl methyl sites for hydroxylation is 1. The lowest BCUT2D eigenvalue weighted by atomic mass is 10.2. The molecule has 1 aromatic heterocycles. The molecule has 0 saturated carbocycles. The van der Waals surface area contributed by atoms with E-state index in [4.69, 9.17) is 4.74 Å². The molecule has 2 rings (SSSR count). The van der Waals surface area contributed by atoms with Gasteiger partial charge in [0.05, 0.1) is 12.6 Å². The molecule has 0 aromatic carbocycles. The third kappa shape index (κ3) is 3.99. The van der Waals surface area contributed by atoms with Crippen molar-refractivity contribution in [2.75, 3.05) is 27.2 Å². The highest BCUT2D eigenvalue weighted by Crippen LogP contribution is 2.15. The Kier molecular flexibility index (Phi) is 5.48. The van der Waals surface area contributed by atoms with Crippen LogP contribution in [-0.4, -0.2) is 48.8 Å². The number of halogens is 1. The second kappa shape index (κ2) is 7.13. The van der Waals surface area contributed by atoms with Crippen LogP contribution in [0.25, 0.3) is 0 Å². The average Bonchev–Trinajstić information content (AvgIpc) is 3.01. The zero-order valence-electron chi connectivity index (χ0n) is 12.4. The quantitative estimate of drug-likeness (QED) is 0.671. The monoisotopic (exact) mass is 342 g/mol. The van der Waals surface area contributed by atoms with Crippen LogP contribution in [0.3, 0.4) is 0 Å². The standard InChI is InChI=1S/C14H23BrN4O/c1-16-14(17-8-13-5-4-6-20-13)19(3)10-12-7-11(15)9-18(12)2/h7,9,13H,4-6,8,10H2,1-3H3,(H,16,17). The van der Waals surface area contributed by atoms with Crippen molar-refractivity contribution >= 4 is 21.9 Å². The molecule has 1 aliphatic heterocycles. The van der Waals surface area contributed by atoms with E-state index in [1.54, 1.807) is 0 Å². The Balaban J connectivity index is 1.88. The summed E-state index contributed by atoms with van der Waals surface area (Å²) < 4.78 is 8.84. The molecule has 5 nitrogen and oxygen atoms in total. The Labute approximate surface area is 129 Å². The van der Waals surface area contributed by atoms with Crippen molar-refractivity contribution in [1.29, 1.82) is 0 Å². The van der Waals surface area contributed by atoms with Gasteiger partial charge in [-0.1, -0.05) is 0 Å². The zero-order chi connectivity index (χ0) is 14.5. The maximum Gasteiger partial charge on any atom is 0.193 e. The lowest BCUT2D eigenvalue weighted by Crippen LogP contribution is -2.42. The first kappa shape index (κ1) is 15.4. The summed E-state index contributed by atoms with van der Waals surface area (Å²) in [5.74, 6) is 0.901. The number of aromatic nitrogens is 1. The molecule has 0 aliphatic carbocycles. The number of guanidine groups is 1. The van der Waals surface area contributed by atoms with Crippen molar-refractivity contribution in [2.45, 2.75) is 25.5 Å². The predicted molar refractivity (Wildman–Crippen MR) is 84.9 cm³/mol. The van der Waals surface area contributed by atoms with Gasteiger partial charge in [-0.2, -0.15) is 0 Å². The van der Waals surface area contributed by atoms with Crippen LogP contribution >= 0.6 is 15.9 Å². The molecule has 6 heteroatoms. The summed E-state index contributed by atoms with van der Waals surface area (Å²) in [6.45, 7) is 2.53. The Morgan fingerprint density at radius 1 is 1.65 bits per heavy atom. The molecule has 2 heterocycles. The summed E-state index contributed by atoms with van der Waals surface area (Å²) in [5, 5.41) is 3.39. The molecule has 1 atom stereocenters. The lowest BCUT2D eigenvalue weighted by Gasteiger charge is -2.23. The number of aliphatic imine (C=N–C) groups is 1. The number of nitrogens with one attached hydrogen (secondary N) is 1. The minimum Gasteiger partial charge on any atom is -0.376 e. The van der Waals surface area contributed by atoms with Gasteiger partial charge in [0, 0.05) is 50.7 Å². The van der Waals surface area contributed by atoms with Gasteiger partial charge in [-0.15, -0.1) is 0 Å². The highest BCUT2D eigenvalue weighted by molar-refractivity contribution is 9.10. The molecule has 1 fully saturated rings. The van der Waals surface area contributed by atoms with Gasteiger partial charge in [-0.05, 0) is 34.8 Å². The van der Waals surface area contributed by atoms with Crippen molar-refractivity contribution < 1.29 is 4.74 Å². The van der Waals surface area contributed by atoms with E-state index in [1.165, 1.54) is 5.69 Å². The van der Waals surface area contributed by atoms with Gasteiger partial charge < -0.3 is 19.5 Å². The maximum absolute atomic E-state index is 5.62. The highest BCUT2D eigenvalue weighted by atomic mass is 79.9. The molecule has 112 valence electrons. The van der Waals surface area contributed by atoms with Crippen LogP contribution in [0.5, 0.6) is 0 Å². The third-order valence-corrected chi connectivity index (χ3v) is 3.99. The Bertz CT molecular complexity index is 466. The van der Waals surface area contributed by atoms with E-state index in [1.807, 2.05) is 14.1 Å². The van der Waals surface area contributed by atoms with Crippen molar-refractivity contribution in [3.8, 4) is 0 Å². The Morgan fingerprint density at radius 2 is 2.45 bits per heavy atom. The summed E-state index contributed by atoms with van der Waals surface area (Å²) in [7, 11) is 5.91. The lowest BCUT2D eigenvalue weighted by molar-refractivity contribution is 0.113. The normalized spacial score (nSPS) is 19.4. The molecule has 1 unspecified atom stereocenters. The van der Waals surface area contributed by atoms with Gasteiger partial charge in [0.1, 0.15) is 0 Å². The van der Waals surface area contributed by atoms with E-state index >= 15 is 0 Å². The van der Waals surface area contributed by atoms with Gasteiger partial charge in [0.15, 0.2) is 5.96 Å². The van der Waals surface area contributed by atoms with Crippen LogP contribution in [0.1, 0.15) is 18.5 Å². The third-order valence-electron chi connectivity index (χ3n) is 3.56. The van der Waals surface area contributed by atoms with Gasteiger partial charge in [-0.3, -0.25) is 4.99 Å². The van der Waals surface area contributed by atoms with Crippen molar-refractivity contribution in [3.05, 3.63) is 22.4 Å². The Hall–Kier alpha value is -1.01. The van der Waals surface area contributed by atoms with Crippen molar-refractivity contribution in [3.63, 3.8) is 0 Å². The molecule has 1 N–H and O–H groups in total. The van der Waals surface area contributed by atoms with E-state index in [0.29, 0.717) is 6.10 Å². The topological polar surface area (TPSA) is 41.8 Å². The van der Waals surface area contributed by atoms with Crippen LogP contribution in [-0.2, 0) is 18.3 Å². The highest BCUT2D eigenvalue weighted by Gasteiger charge is 2.17. The first-order valence-corrected chi connectivity index (χ1v) is 7.73. The fourth-order valence-electron chi connectivity index (χ4n) is 2.44. The van der Waals surface area contributed by atoms with Crippen LogP contribution in [0.2, 0.25) is 0 Å². The summed E-state index contributed by atoms with van der Waals surface area (Å²) >= 11 is 3.50. The minimum absolute atomic E-state index is 0.323. The summed E-state index contributed by atoms with van der Waals surface area (Å²) in [6.07, 6.45) is 4.69. The van der Waals surface area contributed by atoms with Crippen LogP contribution in [0.4, 0.5) is 0 Å². The van der Waals surface area contributed by atoms with E-state index in [0.717, 1.165) is 43.0 Å². The predicted octanol–water partition coefficient (Wildman–Crippen LogP) is 1.97. The summed E-state index contributed by atoms with van der Waals surface area (Å²) in [6, 6.07) is 2.13. The number of rotatable bonds is 4. The van der Waals surface area contributed by atoms with Crippen molar-refractivity contribution in [1.82, 2.24) is 14.8 Å². The second-order valence-corrected chi connectivity index (χ2v) is 6.10. The summed E-state index contributed by atoms with van der Waals surface area (Å²) in [5.41, 5.74) is 1.24. The molecule has 1 aliphatic rings. The van der Waals surface area contributed by atoms with Crippen LogP contribution in [0, 0.1) is 0 Å². The molecule has 0 bridgehead atoms. The first-order chi connectivity index (χ1) is 9.60. The molecule has 0 amide bonds. The number of hydrogen-bond acceptors (Lipinski definition) is 2. The van der Waals surface area contributed by atoms with E-state index in [2.05, 4.69) is 55.0 Å². The van der Waals surface area contributed by atoms with Crippen LogP contribution < -0.4 is 5.32 Å². The largest absolute Gasteiger partial charge is 0.376 e. The smallest absolute Gasteiger partial charge is 0.193 e.